The summed E-state index contributed by atoms with van der Waals surface area (Å²) in [4.78, 5) is 15.8. The summed E-state index contributed by atoms with van der Waals surface area (Å²) in [5, 5.41) is 0.510. The smallest absolute Gasteiger partial charge is 0.256 e. The normalized spacial score (nSPS) is 23.5. The predicted molar refractivity (Wildman–Crippen MR) is 70.8 cm³/mol. The first-order chi connectivity index (χ1) is 8.68. The summed E-state index contributed by atoms with van der Waals surface area (Å²) in [6.45, 7) is 0.820. The summed E-state index contributed by atoms with van der Waals surface area (Å²) in [7, 11) is 0. The van der Waals surface area contributed by atoms with E-state index in [1.807, 2.05) is 4.90 Å². The summed E-state index contributed by atoms with van der Waals surface area (Å²) < 4.78 is 13.3. The van der Waals surface area contributed by atoms with E-state index in [-0.39, 0.29) is 17.8 Å². The topological polar surface area (TPSA) is 23.6 Å². The molecule has 0 aliphatic carbocycles. The molecule has 0 bridgehead atoms. The monoisotopic (exact) mass is 264 g/mol. The third kappa shape index (κ3) is 1.70. The zero-order valence-corrected chi connectivity index (χ0v) is 10.6. The Morgan fingerprint density at radius 1 is 1.33 bits per heavy atom. The molecule has 1 atom stereocenters. The van der Waals surface area contributed by atoms with Crippen molar-refractivity contribution in [3.63, 3.8) is 0 Å². The second kappa shape index (κ2) is 4.31. The van der Waals surface area contributed by atoms with Gasteiger partial charge >= 0.3 is 0 Å². The van der Waals surface area contributed by atoms with E-state index in [9.17, 15) is 9.18 Å². The van der Waals surface area contributed by atoms with Crippen LogP contribution in [0.1, 0.15) is 19.3 Å². The molecule has 0 radical (unpaired) electrons. The van der Waals surface area contributed by atoms with Gasteiger partial charge in [0.15, 0.2) is 5.11 Å². The van der Waals surface area contributed by atoms with Gasteiger partial charge in [0.25, 0.3) is 5.91 Å². The Hall–Kier alpha value is -1.49. The molecule has 1 unspecified atom stereocenters. The third-order valence-electron chi connectivity index (χ3n) is 3.51. The van der Waals surface area contributed by atoms with Gasteiger partial charge in [-0.1, -0.05) is 6.07 Å². The fourth-order valence-corrected chi connectivity index (χ4v) is 3.06. The minimum absolute atomic E-state index is 0.0229. The van der Waals surface area contributed by atoms with Crippen LogP contribution in [0, 0.1) is 5.82 Å². The zero-order valence-electron chi connectivity index (χ0n) is 9.80. The van der Waals surface area contributed by atoms with Crippen molar-refractivity contribution < 1.29 is 9.18 Å². The lowest BCUT2D eigenvalue weighted by Crippen LogP contribution is -2.38. The molecule has 2 aliphatic rings. The third-order valence-corrected chi connectivity index (χ3v) is 3.93. The van der Waals surface area contributed by atoms with Crippen LogP contribution in [0.5, 0.6) is 0 Å². The number of anilines is 1. The molecule has 2 heterocycles. The Morgan fingerprint density at radius 2 is 2.17 bits per heavy atom. The number of hydrogen-bond donors (Lipinski definition) is 0. The summed E-state index contributed by atoms with van der Waals surface area (Å²) in [6, 6.07) is 5.88. The Balaban J connectivity index is 1.97. The Morgan fingerprint density at radius 3 is 2.89 bits per heavy atom. The van der Waals surface area contributed by atoms with Crippen LogP contribution < -0.4 is 4.90 Å². The van der Waals surface area contributed by atoms with Crippen LogP contribution in [-0.2, 0) is 4.79 Å². The van der Waals surface area contributed by atoms with Gasteiger partial charge < -0.3 is 4.90 Å². The molecular formula is C13H13FN2OS. The first-order valence-corrected chi connectivity index (χ1v) is 6.49. The van der Waals surface area contributed by atoms with Gasteiger partial charge in [-0.2, -0.15) is 0 Å². The van der Waals surface area contributed by atoms with Crippen LogP contribution in [0.25, 0.3) is 0 Å². The standard InChI is InChI=1S/C13H13FN2OS/c14-9-4-3-5-10(8-9)16-12(17)11-6-1-2-7-15(11)13(16)18/h3-5,8,11H,1-2,6-7H2. The van der Waals surface area contributed by atoms with Gasteiger partial charge in [0.1, 0.15) is 11.9 Å². The number of nitrogens with zero attached hydrogens (tertiary/aromatic N) is 2. The first-order valence-electron chi connectivity index (χ1n) is 6.08. The van der Waals surface area contributed by atoms with Gasteiger partial charge in [0, 0.05) is 6.54 Å². The van der Waals surface area contributed by atoms with E-state index >= 15 is 0 Å². The fraction of sp³-hybridized carbons (Fsp3) is 0.385. The van der Waals surface area contributed by atoms with Crippen LogP contribution in [0.15, 0.2) is 24.3 Å². The highest BCUT2D eigenvalue weighted by Gasteiger charge is 2.43. The first kappa shape index (κ1) is 11.6. The molecule has 0 aromatic heterocycles. The molecular weight excluding hydrogens is 251 g/mol. The van der Waals surface area contributed by atoms with Crippen molar-refractivity contribution in [2.45, 2.75) is 25.3 Å². The van der Waals surface area contributed by atoms with Crippen molar-refractivity contribution in [3.05, 3.63) is 30.1 Å². The van der Waals surface area contributed by atoms with Crippen LogP contribution >= 0.6 is 12.2 Å². The summed E-state index contributed by atoms with van der Waals surface area (Å²) >= 11 is 5.35. The van der Waals surface area contributed by atoms with Crippen LogP contribution in [0.4, 0.5) is 10.1 Å². The van der Waals surface area contributed by atoms with Gasteiger partial charge in [-0.3, -0.25) is 9.69 Å². The lowest BCUT2D eigenvalue weighted by atomic mass is 10.0. The second-order valence-corrected chi connectivity index (χ2v) is 5.01. The van der Waals surface area contributed by atoms with E-state index in [1.165, 1.54) is 17.0 Å². The Labute approximate surface area is 110 Å². The van der Waals surface area contributed by atoms with E-state index in [1.54, 1.807) is 12.1 Å². The number of fused-ring (bicyclic) bond motifs is 1. The van der Waals surface area contributed by atoms with Crippen molar-refractivity contribution in [1.82, 2.24) is 4.90 Å². The van der Waals surface area contributed by atoms with Gasteiger partial charge in [0.2, 0.25) is 0 Å². The number of hydrogen-bond acceptors (Lipinski definition) is 2. The molecule has 2 fully saturated rings. The summed E-state index contributed by atoms with van der Waals surface area (Å²) in [6.07, 6.45) is 2.94. The van der Waals surface area contributed by atoms with Crippen molar-refractivity contribution >= 4 is 28.9 Å². The van der Waals surface area contributed by atoms with Gasteiger partial charge in [0.05, 0.1) is 5.69 Å². The quantitative estimate of drug-likeness (QED) is 0.727. The molecule has 1 aromatic rings. The van der Waals surface area contributed by atoms with Gasteiger partial charge in [-0.25, -0.2) is 4.39 Å². The molecule has 18 heavy (non-hydrogen) atoms. The van der Waals surface area contributed by atoms with E-state index in [2.05, 4.69) is 0 Å². The lowest BCUT2D eigenvalue weighted by Gasteiger charge is -2.27. The molecule has 3 nitrogen and oxygen atoms in total. The maximum absolute atomic E-state index is 13.3. The van der Waals surface area contributed by atoms with Crippen LogP contribution in [0.2, 0.25) is 0 Å². The van der Waals surface area contributed by atoms with Crippen molar-refractivity contribution in [3.8, 4) is 0 Å². The Kier molecular flexibility index (Phi) is 2.78. The van der Waals surface area contributed by atoms with E-state index in [4.69, 9.17) is 12.2 Å². The predicted octanol–water partition coefficient (Wildman–Crippen LogP) is 2.31. The number of thiocarbonyl (C=S) groups is 1. The van der Waals surface area contributed by atoms with Crippen molar-refractivity contribution in [2.24, 2.45) is 0 Å². The maximum atomic E-state index is 13.3. The average molecular weight is 264 g/mol. The molecule has 2 saturated heterocycles. The molecule has 5 heteroatoms. The Bertz CT molecular complexity index is 495. The van der Waals surface area contributed by atoms with Gasteiger partial charge in [-0.05, 0) is 49.7 Å². The minimum Gasteiger partial charge on any atom is -0.336 e. The largest absolute Gasteiger partial charge is 0.336 e. The fourth-order valence-electron chi connectivity index (χ4n) is 2.64. The molecule has 0 saturated carbocycles. The van der Waals surface area contributed by atoms with E-state index in [0.29, 0.717) is 10.8 Å². The number of rotatable bonds is 1. The summed E-state index contributed by atoms with van der Waals surface area (Å²) in [5.41, 5.74) is 0.527. The minimum atomic E-state index is -0.354. The highest BCUT2D eigenvalue weighted by molar-refractivity contribution is 7.80. The zero-order chi connectivity index (χ0) is 12.7. The number of carbonyl (C=O) groups excluding carboxylic acids is 1. The molecule has 2 aliphatic heterocycles. The molecule has 0 spiro atoms. The molecule has 0 N–H and O–H groups in total. The number of halogens is 1. The molecule has 1 aromatic carbocycles. The van der Waals surface area contributed by atoms with Crippen LogP contribution in [-0.4, -0.2) is 28.5 Å². The van der Waals surface area contributed by atoms with E-state index in [0.717, 1.165) is 25.8 Å². The van der Waals surface area contributed by atoms with Crippen molar-refractivity contribution in [1.29, 1.82) is 0 Å². The second-order valence-electron chi connectivity index (χ2n) is 4.64. The SMILES string of the molecule is O=C1C2CCCCN2C(=S)N1c1cccc(F)c1. The highest BCUT2D eigenvalue weighted by atomic mass is 32.1. The molecule has 1 amide bonds. The summed E-state index contributed by atoms with van der Waals surface area (Å²) in [5.74, 6) is -0.377. The number of carbonyl (C=O) groups is 1. The molecule has 3 rings (SSSR count). The number of piperidine rings is 1. The number of benzene rings is 1. The van der Waals surface area contributed by atoms with Gasteiger partial charge in [-0.15, -0.1) is 0 Å². The van der Waals surface area contributed by atoms with E-state index < -0.39 is 0 Å². The maximum Gasteiger partial charge on any atom is 0.256 e. The molecule has 94 valence electrons. The number of amides is 1. The average Bonchev–Trinajstić information content (AvgIpc) is 2.63. The lowest BCUT2D eigenvalue weighted by molar-refractivity contribution is -0.120. The highest BCUT2D eigenvalue weighted by Crippen LogP contribution is 2.30. The van der Waals surface area contributed by atoms with Crippen molar-refractivity contribution in [2.75, 3.05) is 11.4 Å². The van der Waals surface area contributed by atoms with Crippen LogP contribution in [0.3, 0.4) is 0 Å².